The molecular weight excluding hydrogens is 1120 g/mol. The van der Waals surface area contributed by atoms with E-state index < -0.39 is 72.8 Å². The minimum absolute atomic E-state index is 0.0119. The molecule has 20 heteroatoms. The molecule has 470 valence electrons. The number of nitrogens with two attached hydrogens (primary N) is 1. The lowest BCUT2D eigenvalue weighted by molar-refractivity contribution is -0.187. The summed E-state index contributed by atoms with van der Waals surface area (Å²) in [5.74, 6) is -1.47. The number of nitrogens with zero attached hydrogens (tertiary/aromatic N) is 4. The summed E-state index contributed by atoms with van der Waals surface area (Å²) >= 11 is 6.61. The van der Waals surface area contributed by atoms with Gasteiger partial charge in [0, 0.05) is 53.4 Å². The molecule has 86 heavy (non-hydrogen) atoms. The largest absolute Gasteiger partial charge is 0.504 e. The average molecular weight is 1210 g/mol. The Morgan fingerprint density at radius 1 is 0.791 bits per heavy atom. The third kappa shape index (κ3) is 15.3. The standard InChI is InChI=1S/C66H93ClN8O11/c1-4-5-6-7-8-9-10-11-12-14-55(70-57(78)41-84-40-56(77)69-52-23-28-66(83)54-38-49-20-22-53(76)61-60(49)65(66,62(52)86-61)29-36-72(54)3)71-58(79)42-85-43-59(80)74-34-26-48(27-35-74)64(82)75(50-21-15-44(2)51(67)39-50)31-13-30-73-32-24-46(25-33-73)37-45-16-18-47(19-17-45)63(68)81/h15-22,39,46,48,52,54-55,62,76,83H,4-14,23-38,40-43H2,1-3H3,(H2,68,81)(H,69,77)(H,70,78)(H,71,79)/t52-,54?,55?,62-,65-,66+/m0/s1. The molecule has 4 heterocycles. The molecule has 0 radical (unpaired) electrons. The lowest BCUT2D eigenvalue weighted by Gasteiger charge is -2.63. The second-order valence-electron chi connectivity index (χ2n) is 25.3. The van der Waals surface area contributed by atoms with Gasteiger partial charge in [0.05, 0.1) is 17.1 Å². The number of aryl methyl sites for hydroxylation is 1. The minimum atomic E-state index is -1.10. The Balaban J connectivity index is 0.706. The molecule has 19 nitrogen and oxygen atoms in total. The summed E-state index contributed by atoms with van der Waals surface area (Å²) in [7, 11) is 2.03. The maximum absolute atomic E-state index is 14.4. The van der Waals surface area contributed by atoms with E-state index in [1.807, 2.05) is 55.3 Å². The fourth-order valence-corrected chi connectivity index (χ4v) is 14.9. The monoisotopic (exact) mass is 1210 g/mol. The van der Waals surface area contributed by atoms with Gasteiger partial charge in [0.25, 0.3) is 0 Å². The number of nitrogens with one attached hydrogen (secondary N) is 3. The number of ether oxygens (including phenoxy) is 3. The van der Waals surface area contributed by atoms with E-state index in [-0.39, 0.29) is 36.1 Å². The Labute approximate surface area is 512 Å². The predicted octanol–water partition coefficient (Wildman–Crippen LogP) is 6.85. The van der Waals surface area contributed by atoms with Crippen molar-refractivity contribution in [1.29, 1.82) is 0 Å². The van der Waals surface area contributed by atoms with Crippen LogP contribution in [-0.2, 0) is 51.7 Å². The smallest absolute Gasteiger partial charge is 0.248 e. The lowest BCUT2D eigenvalue weighted by atomic mass is 9.48. The number of hydrogen-bond acceptors (Lipinski definition) is 13. The molecule has 1 spiro atoms. The molecule has 0 aromatic heterocycles. The molecule has 4 fully saturated rings. The van der Waals surface area contributed by atoms with Crippen molar-refractivity contribution in [3.8, 4) is 11.5 Å². The van der Waals surface area contributed by atoms with Crippen LogP contribution in [0.4, 0.5) is 5.69 Å². The van der Waals surface area contributed by atoms with E-state index in [1.54, 1.807) is 23.1 Å². The van der Waals surface area contributed by atoms with Crippen LogP contribution in [0, 0.1) is 18.8 Å². The number of primary amides is 1. The van der Waals surface area contributed by atoms with Crippen molar-refractivity contribution < 1.29 is 53.2 Å². The second-order valence-corrected chi connectivity index (χ2v) is 25.7. The minimum Gasteiger partial charge on any atom is -0.504 e. The fourth-order valence-electron chi connectivity index (χ4n) is 14.7. The highest BCUT2D eigenvalue weighted by Crippen LogP contribution is 2.65. The van der Waals surface area contributed by atoms with Crippen LogP contribution in [0.3, 0.4) is 0 Å². The van der Waals surface area contributed by atoms with Gasteiger partial charge in [0.15, 0.2) is 11.5 Å². The number of likely N-dealkylation sites (tertiary alicyclic amines) is 3. The number of likely N-dealkylation sites (N-methyl/N-ethyl adjacent to an activating group) is 1. The average Bonchev–Trinajstić information content (AvgIpc) is 1.43. The zero-order valence-electron chi connectivity index (χ0n) is 50.9. The summed E-state index contributed by atoms with van der Waals surface area (Å²) in [5, 5.41) is 32.8. The fraction of sp³-hybridized carbons (Fsp3) is 0.636. The molecule has 4 aliphatic heterocycles. The molecule has 3 aromatic rings. The van der Waals surface area contributed by atoms with E-state index in [0.29, 0.717) is 86.8 Å². The highest BCUT2D eigenvalue weighted by atomic mass is 35.5. The number of aliphatic hydroxyl groups is 1. The first-order valence-corrected chi connectivity index (χ1v) is 32.3. The highest BCUT2D eigenvalue weighted by Gasteiger charge is 2.72. The summed E-state index contributed by atoms with van der Waals surface area (Å²) in [6.07, 6.45) is 16.0. The molecule has 6 aliphatic rings. The van der Waals surface area contributed by atoms with Crippen molar-refractivity contribution in [2.75, 3.05) is 84.2 Å². The van der Waals surface area contributed by atoms with E-state index >= 15 is 0 Å². The van der Waals surface area contributed by atoms with Crippen molar-refractivity contribution in [2.45, 2.75) is 178 Å². The van der Waals surface area contributed by atoms with Gasteiger partial charge in [0.1, 0.15) is 38.7 Å². The summed E-state index contributed by atoms with van der Waals surface area (Å²) in [6, 6.07) is 16.3. The van der Waals surface area contributed by atoms with Crippen LogP contribution >= 0.6 is 11.6 Å². The molecule has 2 aliphatic carbocycles. The first-order chi connectivity index (χ1) is 41.5. The first kappa shape index (κ1) is 64.6. The highest BCUT2D eigenvalue weighted by molar-refractivity contribution is 6.31. The van der Waals surface area contributed by atoms with E-state index in [0.717, 1.165) is 99.9 Å². The number of aromatic hydroxyl groups is 1. The number of phenolic OH excluding ortho intramolecular Hbond substituents is 1. The Bertz CT molecular complexity index is 2840. The molecule has 3 aromatic carbocycles. The summed E-state index contributed by atoms with van der Waals surface area (Å²) < 4.78 is 17.8. The number of carbonyl (C=O) groups is 6. The van der Waals surface area contributed by atoms with Gasteiger partial charge in [-0.1, -0.05) is 94.2 Å². The topological polar surface area (TPSA) is 246 Å². The van der Waals surface area contributed by atoms with Gasteiger partial charge in [-0.15, -0.1) is 0 Å². The number of phenols is 1. The first-order valence-electron chi connectivity index (χ1n) is 31.9. The van der Waals surface area contributed by atoms with Crippen LogP contribution in [0.25, 0.3) is 0 Å². The maximum atomic E-state index is 14.4. The van der Waals surface area contributed by atoms with Gasteiger partial charge in [0.2, 0.25) is 35.4 Å². The lowest BCUT2D eigenvalue weighted by Crippen LogP contribution is -2.77. The number of benzene rings is 3. The Kier molecular flexibility index (Phi) is 22.5. The number of rotatable bonds is 30. The van der Waals surface area contributed by atoms with Crippen LogP contribution in [0.1, 0.15) is 155 Å². The van der Waals surface area contributed by atoms with Crippen molar-refractivity contribution in [3.05, 3.63) is 87.4 Å². The number of anilines is 1. The van der Waals surface area contributed by atoms with Crippen molar-refractivity contribution in [3.63, 3.8) is 0 Å². The molecule has 7 N–H and O–H groups in total. The molecule has 3 saturated heterocycles. The van der Waals surface area contributed by atoms with Gasteiger partial charge in [-0.05, 0) is 170 Å². The third-order valence-corrected chi connectivity index (χ3v) is 19.9. The summed E-state index contributed by atoms with van der Waals surface area (Å²) in [5.41, 5.74) is 8.84. The van der Waals surface area contributed by atoms with Crippen LogP contribution in [-0.4, -0.2) is 170 Å². The van der Waals surface area contributed by atoms with Crippen molar-refractivity contribution >= 4 is 52.7 Å². The van der Waals surface area contributed by atoms with Crippen LogP contribution in [0.15, 0.2) is 54.6 Å². The molecule has 2 unspecified atom stereocenters. The van der Waals surface area contributed by atoms with Gasteiger partial charge in [-0.3, -0.25) is 28.8 Å². The number of carbonyl (C=O) groups excluding carboxylic acids is 6. The van der Waals surface area contributed by atoms with Gasteiger partial charge < -0.3 is 65.7 Å². The van der Waals surface area contributed by atoms with Gasteiger partial charge >= 0.3 is 0 Å². The maximum Gasteiger partial charge on any atom is 0.248 e. The normalized spacial score (nSPS) is 23.2. The second kappa shape index (κ2) is 29.9. The zero-order chi connectivity index (χ0) is 61.0. The van der Waals surface area contributed by atoms with E-state index in [9.17, 15) is 39.0 Å². The van der Waals surface area contributed by atoms with Crippen LogP contribution in [0.2, 0.25) is 5.02 Å². The number of piperidine rings is 3. The molecule has 2 bridgehead atoms. The predicted molar refractivity (Wildman–Crippen MR) is 329 cm³/mol. The summed E-state index contributed by atoms with van der Waals surface area (Å²) in [6.45, 7) is 7.39. The summed E-state index contributed by atoms with van der Waals surface area (Å²) in [4.78, 5) is 87.8. The Morgan fingerprint density at radius 2 is 1.45 bits per heavy atom. The number of halogens is 1. The zero-order valence-corrected chi connectivity index (χ0v) is 51.6. The number of unbranched alkanes of at least 4 members (excludes halogenated alkanes) is 8. The van der Waals surface area contributed by atoms with Crippen molar-refractivity contribution in [1.82, 2.24) is 30.7 Å². The molecule has 9 rings (SSSR count). The third-order valence-electron chi connectivity index (χ3n) is 19.5. The van der Waals surface area contributed by atoms with Gasteiger partial charge in [-0.25, -0.2) is 0 Å². The van der Waals surface area contributed by atoms with Gasteiger partial charge in [-0.2, -0.15) is 0 Å². The van der Waals surface area contributed by atoms with E-state index in [4.69, 9.17) is 31.5 Å². The van der Waals surface area contributed by atoms with E-state index in [2.05, 4.69) is 32.7 Å². The van der Waals surface area contributed by atoms with E-state index in [1.165, 1.54) is 37.7 Å². The molecular formula is C66H93ClN8O11. The SMILES string of the molecule is CCCCCCCCCCCC(NC(=O)COCC(=O)N[C@H]1CC[C@@]2(O)C3Cc4ccc(O)c5c4[C@@]2(CCN3C)[C@H]1O5)NC(=O)COCC(=O)N1CCC(C(=O)N(CCCN2CCC(Cc3ccc(C(N)=O)cc3)CC2)c2ccc(C)c(Cl)c2)CC1. The number of amides is 6. The van der Waals surface area contributed by atoms with Crippen LogP contribution in [0.5, 0.6) is 11.5 Å². The molecule has 6 atom stereocenters. The Hall–Kier alpha value is -5.83. The van der Waals surface area contributed by atoms with Crippen molar-refractivity contribution in [2.24, 2.45) is 17.6 Å². The molecule has 6 amide bonds. The number of hydrogen-bond donors (Lipinski definition) is 6. The van der Waals surface area contributed by atoms with Crippen LogP contribution < -0.4 is 31.3 Å². The Morgan fingerprint density at radius 3 is 2.13 bits per heavy atom. The molecule has 1 saturated carbocycles. The quantitative estimate of drug-likeness (QED) is 0.0296.